The third-order valence-electron chi connectivity index (χ3n) is 4.30. The molecule has 3 rings (SSSR count). The fraction of sp³-hybridized carbons (Fsp3) is 0.238. The lowest BCUT2D eigenvalue weighted by Crippen LogP contribution is -2.16. The summed E-state index contributed by atoms with van der Waals surface area (Å²) >= 11 is 0. The Morgan fingerprint density at radius 3 is 2.48 bits per heavy atom. The molecule has 0 spiro atoms. The van der Waals surface area contributed by atoms with Crippen molar-refractivity contribution >= 4 is 16.9 Å². The summed E-state index contributed by atoms with van der Waals surface area (Å²) in [4.78, 5) is 24.3. The summed E-state index contributed by atoms with van der Waals surface area (Å²) in [6, 6.07) is 15.4. The maximum absolute atomic E-state index is 12.5. The molecule has 128 valence electrons. The lowest BCUT2D eigenvalue weighted by Gasteiger charge is -2.13. The van der Waals surface area contributed by atoms with Crippen molar-refractivity contribution in [2.75, 3.05) is 7.11 Å². The van der Waals surface area contributed by atoms with Gasteiger partial charge in [0.15, 0.2) is 0 Å². The monoisotopic (exact) mass is 336 g/mol. The van der Waals surface area contributed by atoms with E-state index in [1.807, 2.05) is 48.5 Å². The highest BCUT2D eigenvalue weighted by Gasteiger charge is 2.19. The third-order valence-corrected chi connectivity index (χ3v) is 4.30. The summed E-state index contributed by atoms with van der Waals surface area (Å²) in [5, 5.41) is 0.830. The number of rotatable bonds is 4. The Kier molecular flexibility index (Phi) is 4.70. The Morgan fingerprint density at radius 1 is 1.12 bits per heavy atom. The van der Waals surface area contributed by atoms with Gasteiger partial charge in [0.2, 0.25) is 0 Å². The van der Waals surface area contributed by atoms with Crippen LogP contribution < -0.4 is 5.63 Å². The molecule has 0 amide bonds. The van der Waals surface area contributed by atoms with Crippen molar-refractivity contribution < 1.29 is 13.9 Å². The first-order valence-corrected chi connectivity index (χ1v) is 8.23. The van der Waals surface area contributed by atoms with Gasteiger partial charge in [-0.1, -0.05) is 50.2 Å². The van der Waals surface area contributed by atoms with Crippen LogP contribution in [0.25, 0.3) is 22.1 Å². The van der Waals surface area contributed by atoms with E-state index >= 15 is 0 Å². The topological polar surface area (TPSA) is 56.5 Å². The predicted octanol–water partition coefficient (Wildman–Crippen LogP) is 4.30. The lowest BCUT2D eigenvalue weighted by molar-refractivity contribution is -0.139. The molecule has 0 aliphatic carbocycles. The Labute approximate surface area is 146 Å². The van der Waals surface area contributed by atoms with Gasteiger partial charge in [-0.25, -0.2) is 4.79 Å². The molecule has 0 bridgehead atoms. The molecule has 2 aromatic carbocycles. The van der Waals surface area contributed by atoms with E-state index < -0.39 is 11.6 Å². The van der Waals surface area contributed by atoms with Crippen molar-refractivity contribution in [2.45, 2.75) is 26.2 Å². The van der Waals surface area contributed by atoms with Crippen LogP contribution in [0, 0.1) is 0 Å². The SMILES string of the molecule is COC(=O)Cc1c(-c2ccccc2)c2cc(C(C)C)ccc2oc1=O. The molecule has 0 radical (unpaired) electrons. The fourth-order valence-electron chi connectivity index (χ4n) is 2.93. The molecule has 0 unspecified atom stereocenters. The number of methoxy groups -OCH3 is 1. The number of benzene rings is 2. The van der Waals surface area contributed by atoms with Crippen molar-refractivity contribution in [3.05, 3.63) is 70.1 Å². The Morgan fingerprint density at radius 2 is 1.84 bits per heavy atom. The molecule has 1 heterocycles. The van der Waals surface area contributed by atoms with Gasteiger partial charge in [-0.2, -0.15) is 0 Å². The van der Waals surface area contributed by atoms with Crippen LogP contribution in [0.1, 0.15) is 30.9 Å². The largest absolute Gasteiger partial charge is 0.469 e. The van der Waals surface area contributed by atoms with E-state index in [0.29, 0.717) is 17.1 Å². The van der Waals surface area contributed by atoms with Crippen molar-refractivity contribution in [1.29, 1.82) is 0 Å². The Bertz CT molecular complexity index is 968. The summed E-state index contributed by atoms with van der Waals surface area (Å²) in [5.74, 6) is -0.132. The molecule has 0 atom stereocenters. The molecule has 0 fully saturated rings. The van der Waals surface area contributed by atoms with Crippen LogP contribution in [0.4, 0.5) is 0 Å². The van der Waals surface area contributed by atoms with Gasteiger partial charge < -0.3 is 9.15 Å². The molecule has 0 aliphatic rings. The summed E-state index contributed by atoms with van der Waals surface area (Å²) in [6.45, 7) is 4.22. The van der Waals surface area contributed by atoms with Gasteiger partial charge in [0.05, 0.1) is 19.1 Å². The standard InChI is InChI=1S/C21H20O4/c1-13(2)15-9-10-18-16(11-15)20(14-7-5-4-6-8-14)17(21(23)25-18)12-19(22)24-3/h4-11,13H,12H2,1-3H3. The van der Waals surface area contributed by atoms with Crippen molar-refractivity contribution in [3.63, 3.8) is 0 Å². The number of carbonyl (C=O) groups excluding carboxylic acids is 1. The molecule has 4 heteroatoms. The molecule has 0 aliphatic heterocycles. The van der Waals surface area contributed by atoms with Gasteiger partial charge in [0, 0.05) is 10.9 Å². The number of hydrogen-bond donors (Lipinski definition) is 0. The van der Waals surface area contributed by atoms with Crippen molar-refractivity contribution in [2.24, 2.45) is 0 Å². The van der Waals surface area contributed by atoms with E-state index in [0.717, 1.165) is 22.1 Å². The zero-order valence-electron chi connectivity index (χ0n) is 14.5. The average Bonchev–Trinajstić information content (AvgIpc) is 2.62. The second kappa shape index (κ2) is 6.93. The number of hydrogen-bond acceptors (Lipinski definition) is 4. The molecule has 4 nitrogen and oxygen atoms in total. The van der Waals surface area contributed by atoms with E-state index in [1.54, 1.807) is 0 Å². The number of ether oxygens (including phenoxy) is 1. The average molecular weight is 336 g/mol. The van der Waals surface area contributed by atoms with Gasteiger partial charge in [-0.05, 0) is 29.2 Å². The Balaban J connectivity index is 2.38. The molecule has 1 aromatic heterocycles. The van der Waals surface area contributed by atoms with Gasteiger partial charge in [0.25, 0.3) is 0 Å². The van der Waals surface area contributed by atoms with Gasteiger partial charge in [-0.15, -0.1) is 0 Å². The molecule has 3 aromatic rings. The third kappa shape index (κ3) is 3.33. The highest BCUT2D eigenvalue weighted by Crippen LogP contribution is 2.32. The quantitative estimate of drug-likeness (QED) is 0.526. The number of esters is 1. The van der Waals surface area contributed by atoms with Gasteiger partial charge in [0.1, 0.15) is 5.58 Å². The first-order chi connectivity index (χ1) is 12.0. The summed E-state index contributed by atoms with van der Waals surface area (Å²) in [7, 11) is 1.31. The second-order valence-corrected chi connectivity index (χ2v) is 6.27. The minimum atomic E-state index is -0.506. The van der Waals surface area contributed by atoms with E-state index in [4.69, 9.17) is 9.15 Å². The number of carbonyl (C=O) groups is 1. The van der Waals surface area contributed by atoms with Crippen LogP contribution in [0.2, 0.25) is 0 Å². The maximum atomic E-state index is 12.5. The minimum absolute atomic E-state index is 0.120. The van der Waals surface area contributed by atoms with Gasteiger partial charge >= 0.3 is 11.6 Å². The Hall–Kier alpha value is -2.88. The maximum Gasteiger partial charge on any atom is 0.340 e. The zero-order valence-corrected chi connectivity index (χ0v) is 14.5. The van der Waals surface area contributed by atoms with Crippen molar-refractivity contribution in [1.82, 2.24) is 0 Å². The van der Waals surface area contributed by atoms with Gasteiger partial charge in [-0.3, -0.25) is 4.79 Å². The van der Waals surface area contributed by atoms with E-state index in [2.05, 4.69) is 13.8 Å². The minimum Gasteiger partial charge on any atom is -0.469 e. The fourth-order valence-corrected chi connectivity index (χ4v) is 2.93. The smallest absolute Gasteiger partial charge is 0.340 e. The molecule has 0 saturated carbocycles. The lowest BCUT2D eigenvalue weighted by atomic mass is 9.93. The molecule has 25 heavy (non-hydrogen) atoms. The highest BCUT2D eigenvalue weighted by atomic mass is 16.5. The first-order valence-electron chi connectivity index (χ1n) is 8.23. The van der Waals surface area contributed by atoms with Crippen LogP contribution in [0.3, 0.4) is 0 Å². The zero-order chi connectivity index (χ0) is 18.0. The van der Waals surface area contributed by atoms with Crippen LogP contribution in [0.15, 0.2) is 57.7 Å². The summed E-state index contributed by atoms with van der Waals surface area (Å²) < 4.78 is 10.2. The normalized spacial score (nSPS) is 11.0. The van der Waals surface area contributed by atoms with E-state index in [1.165, 1.54) is 7.11 Å². The molecular weight excluding hydrogens is 316 g/mol. The summed E-state index contributed by atoms with van der Waals surface area (Å²) in [5.41, 5.74) is 3.09. The van der Waals surface area contributed by atoms with E-state index in [9.17, 15) is 9.59 Å². The molecule has 0 saturated heterocycles. The number of fused-ring (bicyclic) bond motifs is 1. The predicted molar refractivity (Wildman–Crippen MR) is 97.7 cm³/mol. The summed E-state index contributed by atoms with van der Waals surface area (Å²) in [6.07, 6.45) is -0.120. The molecule has 0 N–H and O–H groups in total. The second-order valence-electron chi connectivity index (χ2n) is 6.27. The van der Waals surface area contributed by atoms with Crippen molar-refractivity contribution in [3.8, 4) is 11.1 Å². The first kappa shape index (κ1) is 17.0. The van der Waals surface area contributed by atoms with E-state index in [-0.39, 0.29) is 6.42 Å². The highest BCUT2D eigenvalue weighted by molar-refractivity contribution is 5.96. The van der Waals surface area contributed by atoms with Crippen LogP contribution in [-0.2, 0) is 16.0 Å². The van der Waals surface area contributed by atoms with Crippen LogP contribution in [-0.4, -0.2) is 13.1 Å². The van der Waals surface area contributed by atoms with Crippen LogP contribution in [0.5, 0.6) is 0 Å². The van der Waals surface area contributed by atoms with Crippen LogP contribution >= 0.6 is 0 Å². The molecular formula is C21H20O4.